The molecule has 4 aliphatic rings. The van der Waals surface area contributed by atoms with Crippen LogP contribution in [0.4, 0.5) is 0 Å². The molecule has 1 unspecified atom stereocenters. The third kappa shape index (κ3) is 1.32. The topological polar surface area (TPSA) is 59.0 Å². The van der Waals surface area contributed by atoms with Gasteiger partial charge in [0.15, 0.2) is 23.4 Å². The van der Waals surface area contributed by atoms with Crippen molar-refractivity contribution in [2.45, 2.75) is 48.8 Å². The molecule has 1 saturated carbocycles. The van der Waals surface area contributed by atoms with Gasteiger partial charge in [-0.25, -0.2) is 0 Å². The zero-order chi connectivity index (χ0) is 25.4. The van der Waals surface area contributed by atoms with Crippen LogP contribution in [-0.4, -0.2) is 54.1 Å². The van der Waals surface area contributed by atoms with E-state index in [2.05, 4.69) is 0 Å². The van der Waals surface area contributed by atoms with Gasteiger partial charge in [-0.3, -0.25) is 4.79 Å². The van der Waals surface area contributed by atoms with Gasteiger partial charge >= 0.3 is 0 Å². The fraction of sp³-hybridized carbons (Fsp3) is 0.611. The smallest absolute Gasteiger partial charge is 0.174 e. The second-order valence-electron chi connectivity index (χ2n) is 6.43. The second-order valence-corrected chi connectivity index (χ2v) is 6.43. The van der Waals surface area contributed by atoms with Gasteiger partial charge in [0.2, 0.25) is 0 Å². The van der Waals surface area contributed by atoms with Crippen LogP contribution in [0.25, 0.3) is 0 Å². The van der Waals surface area contributed by atoms with Crippen LogP contribution in [0, 0.1) is 0 Å². The van der Waals surface area contributed by atoms with E-state index in [1.807, 2.05) is 0 Å². The monoisotopic (exact) mass is 326 g/mol. The number of rotatable bonds is 1. The van der Waals surface area contributed by atoms with Gasteiger partial charge in [-0.2, -0.15) is 0 Å². The number of methoxy groups -OCH3 is 1. The van der Waals surface area contributed by atoms with Gasteiger partial charge in [0.1, 0.15) is 0 Å². The van der Waals surface area contributed by atoms with Crippen LogP contribution in [0.1, 0.15) is 45.5 Å². The number of carbonyl (C=O) groups excluding carboxylic acids is 1. The summed E-state index contributed by atoms with van der Waals surface area (Å²) in [5.74, 6) is -2.05. The number of benzene rings is 1. The summed E-state index contributed by atoms with van der Waals surface area (Å²) in [7, 11) is -3.10. The van der Waals surface area contributed by atoms with E-state index in [1.54, 1.807) is 0 Å². The van der Waals surface area contributed by atoms with Gasteiger partial charge < -0.3 is 19.5 Å². The van der Waals surface area contributed by atoms with E-state index < -0.39 is 84.9 Å². The van der Waals surface area contributed by atoms with Gasteiger partial charge in [-0.15, -0.1) is 0 Å². The van der Waals surface area contributed by atoms with Crippen LogP contribution in [-0.2, 0) is 16.6 Å². The minimum Gasteiger partial charge on any atom is -0.493 e. The third-order valence-electron chi connectivity index (χ3n) is 5.60. The van der Waals surface area contributed by atoms with Gasteiger partial charge in [-0.05, 0) is 44.3 Å². The molecule has 5 rings (SSSR count). The molecule has 23 heavy (non-hydrogen) atoms. The largest absolute Gasteiger partial charge is 0.493 e. The van der Waals surface area contributed by atoms with Crippen molar-refractivity contribution in [3.63, 3.8) is 0 Å². The maximum Gasteiger partial charge on any atom is 0.174 e. The molecule has 2 aliphatic heterocycles. The van der Waals surface area contributed by atoms with Gasteiger partial charge in [0, 0.05) is 24.9 Å². The molecule has 0 aromatic heterocycles. The minimum absolute atomic E-state index is 0.259. The predicted molar refractivity (Wildman–Crippen MR) is 83.0 cm³/mol. The highest BCUT2D eigenvalue weighted by molar-refractivity contribution is 5.90. The lowest BCUT2D eigenvalue weighted by atomic mass is 9.49. The van der Waals surface area contributed by atoms with Crippen LogP contribution in [0.2, 0.25) is 0 Å². The number of carbonyl (C=O) groups is 1. The SMILES string of the molecule is [2H]c1c([2H])c2c3c(c1OC([2H])([2H])[2H])OC1([2H])C(=O)CC[C@@]4(O)[C@H](N(C([2H])([2H])[2H])CC[C@]314)C2([2H])[2H]. The summed E-state index contributed by atoms with van der Waals surface area (Å²) in [6.45, 7) is -3.18. The van der Waals surface area contributed by atoms with Gasteiger partial charge in [0.25, 0.3) is 0 Å². The molecule has 0 radical (unpaired) electrons. The molecule has 1 aromatic carbocycles. The second kappa shape index (κ2) is 4.08. The molecule has 4 atom stereocenters. The molecule has 2 fully saturated rings. The van der Waals surface area contributed by atoms with Crippen LogP contribution in [0.15, 0.2) is 12.1 Å². The highest BCUT2D eigenvalue weighted by atomic mass is 16.5. The number of hydrogen-bond donors (Lipinski definition) is 1. The first-order valence-corrected chi connectivity index (χ1v) is 7.43. The molecule has 1 aromatic rings. The Bertz CT molecular complexity index is 1130. The number of ketones is 1. The van der Waals surface area contributed by atoms with Crippen molar-refractivity contribution in [1.82, 2.24) is 4.90 Å². The van der Waals surface area contributed by atoms with E-state index in [1.165, 1.54) is 0 Å². The Hall–Kier alpha value is -1.59. The zero-order valence-corrected chi connectivity index (χ0v) is 12.0. The van der Waals surface area contributed by atoms with Crippen LogP contribution in [0.3, 0.4) is 0 Å². The Kier molecular flexibility index (Phi) is 1.19. The van der Waals surface area contributed by atoms with E-state index in [4.69, 9.17) is 24.6 Å². The van der Waals surface area contributed by atoms with Crippen molar-refractivity contribution in [1.29, 1.82) is 0 Å². The van der Waals surface area contributed by atoms with Crippen LogP contribution in [0.5, 0.6) is 11.5 Å². The van der Waals surface area contributed by atoms with E-state index in [9.17, 15) is 9.90 Å². The summed E-state index contributed by atoms with van der Waals surface area (Å²) >= 11 is 0. The third-order valence-corrected chi connectivity index (χ3v) is 5.60. The molecule has 2 bridgehead atoms. The molecular weight excluding hydrogens is 294 g/mol. The fourth-order valence-corrected chi connectivity index (χ4v) is 4.63. The molecule has 0 amide bonds. The first-order chi connectivity index (χ1) is 15.3. The summed E-state index contributed by atoms with van der Waals surface area (Å²) in [5.41, 5.74) is -5.04. The number of Topliss-reactive ketones (excluding diaryl/α,β-unsaturated/α-hetero) is 1. The van der Waals surface area contributed by atoms with E-state index in [0.29, 0.717) is 0 Å². The molecule has 5 heteroatoms. The standard InChI is InChI=1S/C18H21NO4/c1-19-8-7-17-14-10-3-4-12(22-2)15(14)23-16(17)11(20)5-6-18(17,21)13(19)9-10/h3-4,13,16,21H,5-9H2,1-2H3/t13-,16?,17+,18-/m1/s1/i1D3,2D3,3D,4D,9D2,16D. The van der Waals surface area contributed by atoms with Crippen LogP contribution >= 0.6 is 0 Å². The Morgan fingerprint density at radius 1 is 1.61 bits per heavy atom. The number of piperidine rings is 1. The lowest BCUT2D eigenvalue weighted by molar-refractivity contribution is -0.185. The highest BCUT2D eigenvalue weighted by Gasteiger charge is 2.72. The number of aliphatic hydroxyl groups is 1. The summed E-state index contributed by atoms with van der Waals surface area (Å²) in [6.07, 6.45) is -6.38. The molecular formula is C18H21NO4. The fourth-order valence-electron chi connectivity index (χ4n) is 4.63. The van der Waals surface area contributed by atoms with E-state index in [-0.39, 0.29) is 24.9 Å². The summed E-state index contributed by atoms with van der Waals surface area (Å²) < 4.78 is 101. The van der Waals surface area contributed by atoms with Crippen molar-refractivity contribution in [3.05, 3.63) is 23.2 Å². The van der Waals surface area contributed by atoms with Crippen molar-refractivity contribution >= 4 is 5.78 Å². The molecule has 1 saturated heterocycles. The summed E-state index contributed by atoms with van der Waals surface area (Å²) in [4.78, 5) is 13.9. The lowest BCUT2D eigenvalue weighted by Crippen LogP contribution is -2.76. The van der Waals surface area contributed by atoms with Crippen molar-refractivity contribution in [2.24, 2.45) is 0 Å². The van der Waals surface area contributed by atoms with Crippen molar-refractivity contribution < 1.29 is 34.5 Å². The summed E-state index contributed by atoms with van der Waals surface area (Å²) in [6, 6.07) is -3.42. The lowest BCUT2D eigenvalue weighted by Gasteiger charge is -2.62. The average Bonchev–Trinajstić information content (AvgIpc) is 2.93. The predicted octanol–water partition coefficient (Wildman–Crippen LogP) is 1.05. The van der Waals surface area contributed by atoms with Crippen molar-refractivity contribution in [2.75, 3.05) is 20.6 Å². The Morgan fingerprint density at radius 3 is 3.35 bits per heavy atom. The molecule has 2 heterocycles. The molecule has 2 aliphatic carbocycles. The summed E-state index contributed by atoms with van der Waals surface area (Å²) in [5, 5.41) is 12.1. The zero-order valence-electron chi connectivity index (χ0n) is 23.0. The Morgan fingerprint density at radius 2 is 2.52 bits per heavy atom. The molecule has 1 spiro atoms. The van der Waals surface area contributed by atoms with Crippen LogP contribution < -0.4 is 9.47 Å². The normalized spacial score (nSPS) is 54.0. The quantitative estimate of drug-likeness (QED) is 0.836. The number of nitrogens with zero attached hydrogens (tertiary/aromatic N) is 1. The molecule has 122 valence electrons. The minimum atomic E-state index is -3.10. The average molecular weight is 326 g/mol. The first-order valence-electron chi connectivity index (χ1n) is 12.9. The van der Waals surface area contributed by atoms with Gasteiger partial charge in [-0.1, -0.05) is 6.04 Å². The number of likely N-dealkylation sites (N-methyl/N-ethyl adjacent to an activating group) is 1. The van der Waals surface area contributed by atoms with E-state index >= 15 is 0 Å². The van der Waals surface area contributed by atoms with Gasteiger partial charge in [0.05, 0.1) is 26.3 Å². The Labute approximate surface area is 150 Å². The Balaban J connectivity index is 1.95. The highest BCUT2D eigenvalue weighted by Crippen LogP contribution is 2.64. The maximum atomic E-state index is 13.1. The van der Waals surface area contributed by atoms with E-state index in [0.717, 1.165) is 4.90 Å². The van der Waals surface area contributed by atoms with Crippen molar-refractivity contribution in [3.8, 4) is 11.5 Å². The number of hydrogen-bond acceptors (Lipinski definition) is 5. The molecule has 1 N–H and O–H groups in total. The maximum absolute atomic E-state index is 13.1. The first kappa shape index (κ1) is 6.73. The number of likely N-dealkylation sites (tertiary alicyclic amines) is 1. The molecule has 5 nitrogen and oxygen atoms in total. The number of ether oxygens (including phenoxy) is 2.